The van der Waals surface area contributed by atoms with Crippen molar-refractivity contribution in [1.82, 2.24) is 5.32 Å². The van der Waals surface area contributed by atoms with Crippen molar-refractivity contribution < 1.29 is 13.6 Å². The molecule has 1 saturated heterocycles. The van der Waals surface area contributed by atoms with Crippen molar-refractivity contribution in [2.24, 2.45) is 10.2 Å². The topological polar surface area (TPSA) is 53.8 Å². The molecule has 3 rings (SSSR count). The van der Waals surface area contributed by atoms with Gasteiger partial charge in [-0.05, 0) is 41.8 Å². The molecule has 1 aliphatic heterocycles. The average Bonchev–Trinajstić information content (AvgIpc) is 2.96. The Hall–Kier alpha value is -1.71. The predicted octanol–water partition coefficient (Wildman–Crippen LogP) is 4.93. The molecule has 0 spiro atoms. The maximum Gasteiger partial charge on any atom is 0.288 e. The third kappa shape index (κ3) is 6.15. The summed E-state index contributed by atoms with van der Waals surface area (Å²) in [4.78, 5) is 12.6. The Kier molecular flexibility index (Phi) is 7.03. The van der Waals surface area contributed by atoms with Gasteiger partial charge in [-0.15, -0.1) is 5.10 Å². The van der Waals surface area contributed by atoms with Crippen molar-refractivity contribution in [2.75, 3.05) is 0 Å². The molecule has 9 heteroatoms. The molecule has 1 N–H and O–H groups in total. The Balaban J connectivity index is 1.58. The second-order valence-corrected chi connectivity index (χ2v) is 8.70. The number of alkyl halides is 2. The molecule has 140 valence electrons. The summed E-state index contributed by atoms with van der Waals surface area (Å²) in [7, 11) is 0. The van der Waals surface area contributed by atoms with Gasteiger partial charge in [0.1, 0.15) is 0 Å². The molecule has 0 bridgehead atoms. The average molecular weight is 470 g/mol. The Morgan fingerprint density at radius 3 is 2.74 bits per heavy atom. The summed E-state index contributed by atoms with van der Waals surface area (Å²) in [6.07, 6.45) is 2.10. The van der Waals surface area contributed by atoms with Crippen LogP contribution in [-0.2, 0) is 11.2 Å². The van der Waals surface area contributed by atoms with Crippen LogP contribution in [0, 0.1) is 0 Å². The summed E-state index contributed by atoms with van der Waals surface area (Å²) in [6.45, 7) is 0. The lowest BCUT2D eigenvalue weighted by Gasteiger charge is -2.06. The van der Waals surface area contributed by atoms with Crippen molar-refractivity contribution >= 4 is 56.7 Å². The molecule has 2 aromatic rings. The summed E-state index contributed by atoms with van der Waals surface area (Å²) in [5.74, 6) is -2.58. The molecule has 0 radical (unpaired) electrons. The lowest BCUT2D eigenvalue weighted by molar-refractivity contribution is -0.118. The molecule has 2 aromatic carbocycles. The smallest absolute Gasteiger partial charge is 0.288 e. The predicted molar refractivity (Wildman–Crippen MR) is 111 cm³/mol. The summed E-state index contributed by atoms with van der Waals surface area (Å²) in [6, 6.07) is 14.4. The number of amides is 1. The number of halogens is 3. The zero-order valence-corrected chi connectivity index (χ0v) is 17.0. The molecule has 1 aliphatic rings. The van der Waals surface area contributed by atoms with E-state index in [2.05, 4.69) is 31.4 Å². The molecule has 0 aliphatic carbocycles. The highest BCUT2D eigenvalue weighted by Crippen LogP contribution is 2.27. The molecule has 1 heterocycles. The van der Waals surface area contributed by atoms with E-state index in [4.69, 9.17) is 0 Å². The minimum Gasteiger partial charge on any atom is -0.303 e. The molecule has 4 nitrogen and oxygen atoms in total. The van der Waals surface area contributed by atoms with Crippen molar-refractivity contribution in [3.05, 3.63) is 64.1 Å². The van der Waals surface area contributed by atoms with Gasteiger partial charge in [0.05, 0.1) is 11.5 Å². The molecule has 0 aromatic heterocycles. The fourth-order valence-corrected chi connectivity index (χ4v) is 4.22. The van der Waals surface area contributed by atoms with Gasteiger partial charge in [-0.1, -0.05) is 63.7 Å². The molecule has 1 atom stereocenters. The number of hydrogen-bond acceptors (Lipinski definition) is 5. The van der Waals surface area contributed by atoms with Crippen LogP contribution in [0.2, 0.25) is 0 Å². The highest BCUT2D eigenvalue weighted by molar-refractivity contribution is 9.10. The number of hydrogen-bond donors (Lipinski definition) is 1. The first-order valence-electron chi connectivity index (χ1n) is 7.87. The zero-order valence-electron chi connectivity index (χ0n) is 13.8. The van der Waals surface area contributed by atoms with Gasteiger partial charge in [0.25, 0.3) is 5.76 Å². The Bertz CT molecular complexity index is 875. The normalized spacial score (nSPS) is 18.6. The minimum absolute atomic E-state index is 0.137. The van der Waals surface area contributed by atoms with Crippen molar-refractivity contribution in [2.45, 2.75) is 22.3 Å². The largest absolute Gasteiger partial charge is 0.303 e. The molecule has 0 saturated carbocycles. The van der Waals surface area contributed by atoms with E-state index in [1.54, 1.807) is 30.5 Å². The van der Waals surface area contributed by atoms with Crippen molar-refractivity contribution in [3.63, 3.8) is 0 Å². The molecule has 0 unspecified atom stereocenters. The lowest BCUT2D eigenvalue weighted by atomic mass is 10.1. The van der Waals surface area contributed by atoms with E-state index in [1.165, 1.54) is 11.8 Å². The van der Waals surface area contributed by atoms with E-state index in [0.29, 0.717) is 28.2 Å². The van der Waals surface area contributed by atoms with E-state index >= 15 is 0 Å². The van der Waals surface area contributed by atoms with Crippen LogP contribution >= 0.6 is 39.5 Å². The van der Waals surface area contributed by atoms with Gasteiger partial charge < -0.3 is 5.32 Å². The van der Waals surface area contributed by atoms with Crippen LogP contribution < -0.4 is 5.32 Å². The van der Waals surface area contributed by atoms with Crippen LogP contribution in [0.4, 0.5) is 8.78 Å². The summed E-state index contributed by atoms with van der Waals surface area (Å²) in [5, 5.41) is 10.9. The number of nitrogens with one attached hydrogen (secondary N) is 1. The van der Waals surface area contributed by atoms with E-state index in [0.717, 1.165) is 15.6 Å². The van der Waals surface area contributed by atoms with Crippen LogP contribution in [0.3, 0.4) is 0 Å². The first-order chi connectivity index (χ1) is 13.0. The number of rotatable bonds is 6. The molecular weight excluding hydrogens is 456 g/mol. The van der Waals surface area contributed by atoms with Crippen LogP contribution in [0.25, 0.3) is 0 Å². The van der Waals surface area contributed by atoms with Crippen molar-refractivity contribution in [3.8, 4) is 0 Å². The van der Waals surface area contributed by atoms with Gasteiger partial charge in [-0.2, -0.15) is 13.9 Å². The zero-order chi connectivity index (χ0) is 19.2. The number of benzene rings is 2. The fourth-order valence-electron chi connectivity index (χ4n) is 2.34. The summed E-state index contributed by atoms with van der Waals surface area (Å²) >= 11 is 5.20. The van der Waals surface area contributed by atoms with Crippen LogP contribution in [0.1, 0.15) is 11.1 Å². The number of amidine groups is 1. The van der Waals surface area contributed by atoms with Crippen LogP contribution in [-0.4, -0.2) is 28.3 Å². The van der Waals surface area contributed by atoms with E-state index < -0.39 is 5.76 Å². The van der Waals surface area contributed by atoms with E-state index in [-0.39, 0.29) is 11.2 Å². The fraction of sp³-hybridized carbons (Fsp3) is 0.167. The van der Waals surface area contributed by atoms with Crippen molar-refractivity contribution in [1.29, 1.82) is 0 Å². The second kappa shape index (κ2) is 9.48. The van der Waals surface area contributed by atoms with Gasteiger partial charge in [0.15, 0.2) is 5.17 Å². The summed E-state index contributed by atoms with van der Waals surface area (Å²) in [5.41, 5.74) is 1.79. The highest BCUT2D eigenvalue weighted by Gasteiger charge is 2.30. The molecular formula is C18H14BrF2N3OS2. The molecule has 1 fully saturated rings. The standard InChI is InChI=1S/C18H14BrF2N3OS2/c19-13-3-1-2-12(8-13)10-22-24-18-23-16(25)15(27-18)9-11-4-6-14(7-5-11)26-17(20)21/h1-8,10,15,17H,9H2,(H,23,24,25)/b22-10-/t15-/m0/s1. The minimum atomic E-state index is -2.44. The molecule has 1 amide bonds. The third-order valence-corrected chi connectivity index (χ3v) is 5.84. The monoisotopic (exact) mass is 469 g/mol. The van der Waals surface area contributed by atoms with Crippen LogP contribution in [0.15, 0.2) is 68.1 Å². The molecule has 27 heavy (non-hydrogen) atoms. The number of carbonyl (C=O) groups is 1. The van der Waals surface area contributed by atoms with Gasteiger partial charge >= 0.3 is 0 Å². The first kappa shape index (κ1) is 20.0. The first-order valence-corrected chi connectivity index (χ1v) is 10.4. The SMILES string of the molecule is O=C1N/C(=N/N=C\c2cccc(Br)c2)S[C@H]1Cc1ccc(SC(F)F)cc1. The number of carbonyl (C=O) groups excluding carboxylic acids is 1. The second-order valence-electron chi connectivity index (χ2n) is 5.53. The highest BCUT2D eigenvalue weighted by atomic mass is 79.9. The van der Waals surface area contributed by atoms with Gasteiger partial charge in [0, 0.05) is 9.37 Å². The number of nitrogens with zero attached hydrogens (tertiary/aromatic N) is 2. The Labute approximate surface area is 172 Å². The van der Waals surface area contributed by atoms with Gasteiger partial charge in [0.2, 0.25) is 5.91 Å². The lowest BCUT2D eigenvalue weighted by Crippen LogP contribution is -2.25. The van der Waals surface area contributed by atoms with E-state index in [9.17, 15) is 13.6 Å². The number of thioether (sulfide) groups is 2. The van der Waals surface area contributed by atoms with Crippen LogP contribution in [0.5, 0.6) is 0 Å². The van der Waals surface area contributed by atoms with Gasteiger partial charge in [-0.25, -0.2) is 0 Å². The Morgan fingerprint density at radius 2 is 2.04 bits per heavy atom. The van der Waals surface area contributed by atoms with E-state index in [1.807, 2.05) is 24.3 Å². The maximum absolute atomic E-state index is 12.4. The maximum atomic E-state index is 12.4. The quantitative estimate of drug-likeness (QED) is 0.370. The van der Waals surface area contributed by atoms with Gasteiger partial charge in [-0.3, -0.25) is 4.79 Å². The Morgan fingerprint density at radius 1 is 1.26 bits per heavy atom. The third-order valence-electron chi connectivity index (χ3n) is 3.55. The summed E-state index contributed by atoms with van der Waals surface area (Å²) < 4.78 is 25.7.